The van der Waals surface area contributed by atoms with Gasteiger partial charge in [0.15, 0.2) is 0 Å². The maximum Gasteiger partial charge on any atom is 0.417 e. The zero-order valence-corrected chi connectivity index (χ0v) is 14.2. The molecule has 0 amide bonds. The summed E-state index contributed by atoms with van der Waals surface area (Å²) in [7, 11) is 0. The first kappa shape index (κ1) is 19.2. The first-order valence-corrected chi connectivity index (χ1v) is 7.80. The van der Waals surface area contributed by atoms with E-state index in [0.717, 1.165) is 0 Å². The zero-order valence-electron chi connectivity index (χ0n) is 14.2. The number of hydrogen-bond acceptors (Lipinski definition) is 2. The summed E-state index contributed by atoms with van der Waals surface area (Å²) in [4.78, 5) is 0. The van der Waals surface area contributed by atoms with Gasteiger partial charge in [-0.3, -0.25) is 0 Å². The van der Waals surface area contributed by atoms with Crippen molar-refractivity contribution in [2.75, 3.05) is 6.61 Å². The van der Waals surface area contributed by atoms with Crippen LogP contribution in [0.4, 0.5) is 17.6 Å². The Morgan fingerprint density at radius 1 is 1.04 bits per heavy atom. The van der Waals surface area contributed by atoms with Gasteiger partial charge in [-0.2, -0.15) is 13.2 Å². The summed E-state index contributed by atoms with van der Waals surface area (Å²) in [5.41, 5.74) is -1.47. The summed E-state index contributed by atoms with van der Waals surface area (Å²) in [6, 6.07) is 7.83. The van der Waals surface area contributed by atoms with Crippen molar-refractivity contribution in [2.24, 2.45) is 0 Å². The number of halogens is 4. The van der Waals surface area contributed by atoms with E-state index in [2.05, 4.69) is 0 Å². The molecular weight excluding hydrogens is 336 g/mol. The monoisotopic (exact) mass is 356 g/mol. The second kappa shape index (κ2) is 7.04. The van der Waals surface area contributed by atoms with E-state index in [9.17, 15) is 22.7 Å². The molecule has 0 unspecified atom stereocenters. The van der Waals surface area contributed by atoms with Gasteiger partial charge in [0, 0.05) is 6.42 Å². The fourth-order valence-corrected chi connectivity index (χ4v) is 2.30. The smallest absolute Gasteiger partial charge is 0.417 e. The lowest BCUT2D eigenvalue weighted by atomic mass is 9.96. The average molecular weight is 356 g/mol. The highest BCUT2D eigenvalue weighted by Gasteiger charge is 2.34. The Morgan fingerprint density at radius 2 is 1.64 bits per heavy atom. The number of hydrogen-bond donors (Lipinski definition) is 1. The van der Waals surface area contributed by atoms with E-state index in [-0.39, 0.29) is 17.7 Å². The Morgan fingerprint density at radius 3 is 2.16 bits per heavy atom. The lowest BCUT2D eigenvalue weighted by Gasteiger charge is -2.17. The molecule has 0 aromatic heterocycles. The molecule has 2 aromatic carbocycles. The lowest BCUT2D eigenvalue weighted by Crippen LogP contribution is -2.21. The fraction of sp³-hybridized carbons (Fsp3) is 0.368. The highest BCUT2D eigenvalue weighted by molar-refractivity contribution is 5.69. The topological polar surface area (TPSA) is 29.5 Å². The molecule has 2 aromatic rings. The van der Waals surface area contributed by atoms with Gasteiger partial charge in [0.05, 0.1) is 17.8 Å². The highest BCUT2D eigenvalue weighted by atomic mass is 19.4. The fourth-order valence-electron chi connectivity index (χ4n) is 2.30. The quantitative estimate of drug-likeness (QED) is 0.731. The average Bonchev–Trinajstić information content (AvgIpc) is 2.48. The summed E-state index contributed by atoms with van der Waals surface area (Å²) in [6.07, 6.45) is -4.23. The van der Waals surface area contributed by atoms with E-state index in [1.54, 1.807) is 26.0 Å². The number of aliphatic hydroxyl groups is 1. The zero-order chi connectivity index (χ0) is 18.8. The molecule has 0 spiro atoms. The Hall–Kier alpha value is -2.08. The predicted octanol–water partition coefficient (Wildman–Crippen LogP) is 5.36. The van der Waals surface area contributed by atoms with Crippen molar-refractivity contribution in [3.05, 3.63) is 53.3 Å². The SMILES string of the molecule is Cc1cc(-c2ccc(OCCC(C)(C)O)cc2)c(C(F)(F)F)cc1F. The van der Waals surface area contributed by atoms with Crippen LogP contribution in [-0.4, -0.2) is 17.3 Å². The molecule has 1 N–H and O–H groups in total. The van der Waals surface area contributed by atoms with E-state index in [4.69, 9.17) is 4.74 Å². The van der Waals surface area contributed by atoms with Crippen molar-refractivity contribution < 1.29 is 27.4 Å². The van der Waals surface area contributed by atoms with Gasteiger partial charge in [0.2, 0.25) is 0 Å². The van der Waals surface area contributed by atoms with Crippen LogP contribution in [0.3, 0.4) is 0 Å². The minimum absolute atomic E-state index is 0.0746. The minimum atomic E-state index is -4.65. The number of rotatable bonds is 5. The van der Waals surface area contributed by atoms with E-state index in [0.29, 0.717) is 23.8 Å². The van der Waals surface area contributed by atoms with E-state index < -0.39 is 23.2 Å². The molecule has 0 atom stereocenters. The third-order valence-corrected chi connectivity index (χ3v) is 3.75. The molecule has 136 valence electrons. The van der Waals surface area contributed by atoms with Crippen LogP contribution in [0.1, 0.15) is 31.4 Å². The van der Waals surface area contributed by atoms with Gasteiger partial charge in [-0.15, -0.1) is 0 Å². The predicted molar refractivity (Wildman–Crippen MR) is 88.0 cm³/mol. The second-order valence-corrected chi connectivity index (χ2v) is 6.58. The normalized spacial score (nSPS) is 12.3. The molecule has 0 saturated heterocycles. The molecule has 6 heteroatoms. The van der Waals surface area contributed by atoms with Crippen LogP contribution in [0.2, 0.25) is 0 Å². The number of alkyl halides is 3. The lowest BCUT2D eigenvalue weighted by molar-refractivity contribution is -0.137. The van der Waals surface area contributed by atoms with Gasteiger partial charge in [-0.25, -0.2) is 4.39 Å². The van der Waals surface area contributed by atoms with E-state index >= 15 is 0 Å². The molecular formula is C19H20F4O2. The Balaban J connectivity index is 2.26. The van der Waals surface area contributed by atoms with Gasteiger partial charge in [0.25, 0.3) is 0 Å². The molecule has 0 fully saturated rings. The Kier molecular flexibility index (Phi) is 5.42. The van der Waals surface area contributed by atoms with Crippen LogP contribution < -0.4 is 4.74 Å². The van der Waals surface area contributed by atoms with Crippen molar-refractivity contribution in [1.29, 1.82) is 0 Å². The standard InChI is InChI=1S/C19H20F4O2/c1-12-10-15(16(11-17(12)20)19(21,22)23)13-4-6-14(7-5-13)25-9-8-18(2,3)24/h4-7,10-11,24H,8-9H2,1-3H3. The van der Waals surface area contributed by atoms with Crippen molar-refractivity contribution >= 4 is 0 Å². The minimum Gasteiger partial charge on any atom is -0.493 e. The molecule has 0 aliphatic carbocycles. The van der Waals surface area contributed by atoms with Crippen LogP contribution >= 0.6 is 0 Å². The van der Waals surface area contributed by atoms with Gasteiger partial charge in [-0.05, 0) is 61.7 Å². The molecule has 0 saturated carbocycles. The summed E-state index contributed by atoms with van der Waals surface area (Å²) >= 11 is 0. The van der Waals surface area contributed by atoms with Gasteiger partial charge in [0.1, 0.15) is 11.6 Å². The van der Waals surface area contributed by atoms with Crippen LogP contribution in [0.15, 0.2) is 36.4 Å². The molecule has 2 nitrogen and oxygen atoms in total. The molecule has 2 rings (SSSR count). The second-order valence-electron chi connectivity index (χ2n) is 6.58. The summed E-state index contributed by atoms with van der Waals surface area (Å²) in [6.45, 7) is 5.03. The van der Waals surface area contributed by atoms with Gasteiger partial charge < -0.3 is 9.84 Å². The summed E-state index contributed by atoms with van der Waals surface area (Å²) in [5, 5.41) is 9.63. The Labute approximate surface area is 144 Å². The van der Waals surface area contributed by atoms with Crippen molar-refractivity contribution in [3.8, 4) is 16.9 Å². The van der Waals surface area contributed by atoms with Crippen LogP contribution in [0, 0.1) is 12.7 Å². The maximum atomic E-state index is 13.6. The van der Waals surface area contributed by atoms with Crippen molar-refractivity contribution in [1.82, 2.24) is 0 Å². The molecule has 0 bridgehead atoms. The summed E-state index contributed by atoms with van der Waals surface area (Å²) in [5.74, 6) is -0.400. The molecule has 0 aliphatic rings. The molecule has 0 radical (unpaired) electrons. The highest BCUT2D eigenvalue weighted by Crippen LogP contribution is 2.38. The van der Waals surface area contributed by atoms with Gasteiger partial charge in [-0.1, -0.05) is 12.1 Å². The number of aryl methyl sites for hydroxylation is 1. The first-order valence-electron chi connectivity index (χ1n) is 7.80. The summed E-state index contributed by atoms with van der Waals surface area (Å²) < 4.78 is 58.6. The van der Waals surface area contributed by atoms with Crippen molar-refractivity contribution in [2.45, 2.75) is 39.0 Å². The largest absolute Gasteiger partial charge is 0.493 e. The van der Waals surface area contributed by atoms with E-state index in [1.165, 1.54) is 25.1 Å². The third kappa shape index (κ3) is 5.19. The van der Waals surface area contributed by atoms with Crippen LogP contribution in [0.25, 0.3) is 11.1 Å². The number of benzene rings is 2. The van der Waals surface area contributed by atoms with Gasteiger partial charge >= 0.3 is 6.18 Å². The first-order chi connectivity index (χ1) is 11.5. The van der Waals surface area contributed by atoms with Crippen LogP contribution in [0.5, 0.6) is 5.75 Å². The Bertz CT molecular complexity index is 729. The molecule has 0 heterocycles. The molecule has 25 heavy (non-hydrogen) atoms. The maximum absolute atomic E-state index is 13.6. The van der Waals surface area contributed by atoms with Crippen LogP contribution in [-0.2, 0) is 6.18 Å². The molecule has 0 aliphatic heterocycles. The third-order valence-electron chi connectivity index (χ3n) is 3.75. The van der Waals surface area contributed by atoms with Crippen molar-refractivity contribution in [3.63, 3.8) is 0 Å². The number of ether oxygens (including phenoxy) is 1. The van der Waals surface area contributed by atoms with E-state index in [1.807, 2.05) is 0 Å².